The Morgan fingerprint density at radius 2 is 1.61 bits per heavy atom. The van der Waals surface area contributed by atoms with E-state index in [0.29, 0.717) is 12.0 Å². The summed E-state index contributed by atoms with van der Waals surface area (Å²) in [7, 11) is 0. The predicted octanol–water partition coefficient (Wildman–Crippen LogP) is 5.02. The molecule has 2 heteroatoms. The highest BCUT2D eigenvalue weighted by molar-refractivity contribution is 5.20. The van der Waals surface area contributed by atoms with E-state index in [1.165, 1.54) is 50.5 Å². The first-order valence-electron chi connectivity index (χ1n) is 9.76. The molecular weight excluding hydrogens is 282 g/mol. The van der Waals surface area contributed by atoms with Crippen LogP contribution in [0, 0.1) is 0 Å². The molecule has 23 heavy (non-hydrogen) atoms. The molecule has 2 rings (SSSR count). The van der Waals surface area contributed by atoms with Crippen LogP contribution in [0.5, 0.6) is 0 Å². The van der Waals surface area contributed by atoms with Crippen LogP contribution in [0.3, 0.4) is 0 Å². The van der Waals surface area contributed by atoms with Crippen molar-refractivity contribution in [3.8, 4) is 0 Å². The minimum atomic E-state index is -0.152. The third kappa shape index (κ3) is 7.05. The van der Waals surface area contributed by atoms with E-state index in [4.69, 9.17) is 0 Å². The highest BCUT2D eigenvalue weighted by atomic mass is 16.3. The first-order valence-corrected chi connectivity index (χ1v) is 9.76. The fraction of sp³-hybridized carbons (Fsp3) is 0.714. The molecule has 0 amide bonds. The van der Waals surface area contributed by atoms with Crippen LogP contribution in [0.4, 0.5) is 0 Å². The second-order valence-electron chi connectivity index (χ2n) is 7.24. The van der Waals surface area contributed by atoms with Crippen molar-refractivity contribution < 1.29 is 5.11 Å². The molecule has 3 unspecified atom stereocenters. The zero-order valence-corrected chi connectivity index (χ0v) is 14.8. The second kappa shape index (κ2) is 10.8. The minimum Gasteiger partial charge on any atom is -0.393 e. The first kappa shape index (κ1) is 18.5. The molecule has 1 aromatic carbocycles. The van der Waals surface area contributed by atoms with Gasteiger partial charge in [0.1, 0.15) is 0 Å². The average molecular weight is 318 g/mol. The number of hydrogen-bond acceptors (Lipinski definition) is 2. The molecule has 1 aliphatic rings. The zero-order chi connectivity index (χ0) is 16.3. The zero-order valence-electron chi connectivity index (χ0n) is 14.8. The SMILES string of the molecule is CCCCCCCCCNC1CC(O)CC(c2ccccc2)C1. The standard InChI is InChI=1S/C21H35NO/c1-2-3-4-5-6-7-11-14-22-20-15-19(16-21(23)17-20)18-12-9-8-10-13-18/h8-10,12-13,19-23H,2-7,11,14-17H2,1H3. The summed E-state index contributed by atoms with van der Waals surface area (Å²) in [5.41, 5.74) is 1.38. The molecule has 0 spiro atoms. The summed E-state index contributed by atoms with van der Waals surface area (Å²) in [6.45, 7) is 3.37. The predicted molar refractivity (Wildman–Crippen MR) is 98.8 cm³/mol. The van der Waals surface area contributed by atoms with Gasteiger partial charge < -0.3 is 10.4 Å². The summed E-state index contributed by atoms with van der Waals surface area (Å²) in [6, 6.07) is 11.2. The van der Waals surface area contributed by atoms with E-state index in [-0.39, 0.29) is 6.10 Å². The lowest BCUT2D eigenvalue weighted by atomic mass is 9.80. The number of benzene rings is 1. The number of hydrogen-bond donors (Lipinski definition) is 2. The molecule has 130 valence electrons. The van der Waals surface area contributed by atoms with E-state index in [0.717, 1.165) is 25.8 Å². The maximum Gasteiger partial charge on any atom is 0.0561 e. The lowest BCUT2D eigenvalue weighted by Crippen LogP contribution is -2.39. The Bertz CT molecular complexity index is 406. The van der Waals surface area contributed by atoms with E-state index < -0.39 is 0 Å². The van der Waals surface area contributed by atoms with Crippen LogP contribution in [-0.2, 0) is 0 Å². The molecule has 0 aromatic heterocycles. The van der Waals surface area contributed by atoms with Crippen molar-refractivity contribution >= 4 is 0 Å². The number of aliphatic hydroxyl groups is 1. The smallest absolute Gasteiger partial charge is 0.0561 e. The van der Waals surface area contributed by atoms with E-state index in [2.05, 4.69) is 42.6 Å². The second-order valence-corrected chi connectivity index (χ2v) is 7.24. The summed E-state index contributed by atoms with van der Waals surface area (Å²) >= 11 is 0. The summed E-state index contributed by atoms with van der Waals surface area (Å²) in [6.07, 6.45) is 12.3. The molecule has 0 aliphatic heterocycles. The van der Waals surface area contributed by atoms with Crippen LogP contribution >= 0.6 is 0 Å². The minimum absolute atomic E-state index is 0.152. The molecule has 1 saturated carbocycles. The molecule has 2 N–H and O–H groups in total. The Morgan fingerprint density at radius 3 is 2.35 bits per heavy atom. The van der Waals surface area contributed by atoms with Gasteiger partial charge in [0, 0.05) is 6.04 Å². The van der Waals surface area contributed by atoms with Crippen LogP contribution in [0.15, 0.2) is 30.3 Å². The third-order valence-corrected chi connectivity index (χ3v) is 5.17. The Hall–Kier alpha value is -0.860. The highest BCUT2D eigenvalue weighted by Crippen LogP contribution is 2.33. The lowest BCUT2D eigenvalue weighted by molar-refractivity contribution is 0.100. The van der Waals surface area contributed by atoms with Crippen LogP contribution in [0.1, 0.15) is 82.6 Å². The normalized spacial score (nSPS) is 24.7. The first-order chi connectivity index (χ1) is 11.3. The molecule has 0 saturated heterocycles. The van der Waals surface area contributed by atoms with Crippen molar-refractivity contribution in [1.29, 1.82) is 0 Å². The number of aliphatic hydroxyl groups excluding tert-OH is 1. The van der Waals surface area contributed by atoms with Crippen molar-refractivity contribution in [2.24, 2.45) is 0 Å². The fourth-order valence-electron chi connectivity index (χ4n) is 3.84. The summed E-state index contributed by atoms with van der Waals surface area (Å²) < 4.78 is 0. The number of unbranched alkanes of at least 4 members (excludes halogenated alkanes) is 6. The Kier molecular flexibility index (Phi) is 8.70. The van der Waals surface area contributed by atoms with E-state index >= 15 is 0 Å². The van der Waals surface area contributed by atoms with Crippen LogP contribution in [0.25, 0.3) is 0 Å². The van der Waals surface area contributed by atoms with Gasteiger partial charge in [0.2, 0.25) is 0 Å². The number of rotatable bonds is 10. The molecule has 1 aromatic rings. The van der Waals surface area contributed by atoms with Crippen molar-refractivity contribution in [3.05, 3.63) is 35.9 Å². The van der Waals surface area contributed by atoms with Gasteiger partial charge in [-0.1, -0.05) is 75.8 Å². The topological polar surface area (TPSA) is 32.3 Å². The highest BCUT2D eigenvalue weighted by Gasteiger charge is 2.28. The largest absolute Gasteiger partial charge is 0.393 e. The Morgan fingerprint density at radius 1 is 0.913 bits per heavy atom. The van der Waals surface area contributed by atoms with E-state index in [1.807, 2.05) is 0 Å². The van der Waals surface area contributed by atoms with Gasteiger partial charge in [-0.3, -0.25) is 0 Å². The average Bonchev–Trinajstić information content (AvgIpc) is 2.57. The Labute approximate surface area is 142 Å². The summed E-state index contributed by atoms with van der Waals surface area (Å²) in [4.78, 5) is 0. The molecule has 2 nitrogen and oxygen atoms in total. The van der Waals surface area contributed by atoms with Gasteiger partial charge >= 0.3 is 0 Å². The summed E-state index contributed by atoms with van der Waals surface area (Å²) in [5, 5.41) is 13.9. The van der Waals surface area contributed by atoms with Gasteiger partial charge in [-0.2, -0.15) is 0 Å². The van der Waals surface area contributed by atoms with Crippen molar-refractivity contribution in [1.82, 2.24) is 5.32 Å². The monoisotopic (exact) mass is 317 g/mol. The van der Waals surface area contributed by atoms with Crippen LogP contribution in [-0.4, -0.2) is 23.8 Å². The Balaban J connectivity index is 1.63. The van der Waals surface area contributed by atoms with Gasteiger partial charge in [0.15, 0.2) is 0 Å². The molecule has 0 bridgehead atoms. The van der Waals surface area contributed by atoms with Gasteiger partial charge in [0.25, 0.3) is 0 Å². The molecule has 0 radical (unpaired) electrons. The summed E-state index contributed by atoms with van der Waals surface area (Å²) in [5.74, 6) is 0.506. The molecule has 1 aliphatic carbocycles. The molecule has 1 fully saturated rings. The van der Waals surface area contributed by atoms with Gasteiger partial charge in [-0.05, 0) is 43.7 Å². The van der Waals surface area contributed by atoms with Gasteiger partial charge in [0.05, 0.1) is 6.10 Å². The molecule has 3 atom stereocenters. The van der Waals surface area contributed by atoms with Crippen molar-refractivity contribution in [3.63, 3.8) is 0 Å². The van der Waals surface area contributed by atoms with Gasteiger partial charge in [-0.15, -0.1) is 0 Å². The maximum absolute atomic E-state index is 10.2. The van der Waals surface area contributed by atoms with E-state index in [9.17, 15) is 5.11 Å². The quantitative estimate of drug-likeness (QED) is 0.594. The van der Waals surface area contributed by atoms with Crippen LogP contribution < -0.4 is 5.32 Å². The van der Waals surface area contributed by atoms with E-state index in [1.54, 1.807) is 0 Å². The third-order valence-electron chi connectivity index (χ3n) is 5.17. The van der Waals surface area contributed by atoms with Crippen molar-refractivity contribution in [2.75, 3.05) is 6.54 Å². The maximum atomic E-state index is 10.2. The van der Waals surface area contributed by atoms with Crippen LogP contribution in [0.2, 0.25) is 0 Å². The molecule has 0 heterocycles. The molecular formula is C21H35NO. The number of nitrogens with one attached hydrogen (secondary N) is 1. The van der Waals surface area contributed by atoms with Gasteiger partial charge in [-0.25, -0.2) is 0 Å². The fourth-order valence-corrected chi connectivity index (χ4v) is 3.84. The van der Waals surface area contributed by atoms with Crippen molar-refractivity contribution in [2.45, 2.75) is 89.2 Å². The lowest BCUT2D eigenvalue weighted by Gasteiger charge is -2.33.